The van der Waals surface area contributed by atoms with E-state index in [-0.39, 0.29) is 11.7 Å². The minimum Gasteiger partial charge on any atom is -0.494 e. The molecule has 0 spiro atoms. The van der Waals surface area contributed by atoms with Gasteiger partial charge in [-0.1, -0.05) is 13.3 Å². The van der Waals surface area contributed by atoms with E-state index in [0.29, 0.717) is 25.1 Å². The molecule has 2 aromatic carbocycles. The highest BCUT2D eigenvalue weighted by atomic mass is 32.1. The number of thiazole rings is 1. The fourth-order valence-corrected chi connectivity index (χ4v) is 3.87. The van der Waals surface area contributed by atoms with E-state index in [2.05, 4.69) is 17.2 Å². The van der Waals surface area contributed by atoms with E-state index in [0.717, 1.165) is 39.7 Å². The maximum Gasteiger partial charge on any atom is 0.251 e. The lowest BCUT2D eigenvalue weighted by Gasteiger charge is -2.07. The van der Waals surface area contributed by atoms with E-state index < -0.39 is 0 Å². The number of carbonyl (C=O) groups is 1. The largest absolute Gasteiger partial charge is 0.494 e. The van der Waals surface area contributed by atoms with Crippen molar-refractivity contribution in [2.45, 2.75) is 33.1 Å². The number of aryl methyl sites for hydroxylation is 1. The Balaban J connectivity index is 1.52. The quantitative estimate of drug-likeness (QED) is 0.478. The molecule has 0 aliphatic rings. The highest BCUT2D eigenvalue weighted by Gasteiger charge is 2.11. The molecule has 4 nitrogen and oxygen atoms in total. The maximum absolute atomic E-state index is 13.1. The van der Waals surface area contributed by atoms with Crippen molar-refractivity contribution in [1.82, 2.24) is 10.3 Å². The van der Waals surface area contributed by atoms with Crippen molar-refractivity contribution in [2.24, 2.45) is 0 Å². The van der Waals surface area contributed by atoms with Crippen molar-refractivity contribution in [1.29, 1.82) is 0 Å². The van der Waals surface area contributed by atoms with Gasteiger partial charge in [0.1, 0.15) is 16.6 Å². The Morgan fingerprint density at radius 3 is 2.55 bits per heavy atom. The zero-order valence-corrected chi connectivity index (χ0v) is 17.5. The summed E-state index contributed by atoms with van der Waals surface area (Å²) in [5, 5.41) is 3.82. The lowest BCUT2D eigenvalue weighted by atomic mass is 10.2. The number of hydrogen-bond acceptors (Lipinski definition) is 4. The van der Waals surface area contributed by atoms with E-state index in [1.54, 1.807) is 35.6 Å². The zero-order valence-electron chi connectivity index (χ0n) is 16.7. The first kappa shape index (κ1) is 21.0. The number of amides is 1. The van der Waals surface area contributed by atoms with Crippen molar-refractivity contribution < 1.29 is 13.9 Å². The predicted octanol–water partition coefficient (Wildman–Crippen LogP) is 5.41. The Kier molecular flexibility index (Phi) is 7.36. The summed E-state index contributed by atoms with van der Waals surface area (Å²) < 4.78 is 18.7. The summed E-state index contributed by atoms with van der Waals surface area (Å²) in [7, 11) is 0. The minimum absolute atomic E-state index is 0.106. The molecule has 0 fully saturated rings. The number of benzene rings is 2. The second-order valence-electron chi connectivity index (χ2n) is 6.77. The van der Waals surface area contributed by atoms with E-state index in [1.165, 1.54) is 12.1 Å². The average molecular weight is 413 g/mol. The third-order valence-electron chi connectivity index (χ3n) is 4.50. The van der Waals surface area contributed by atoms with Crippen LogP contribution in [0, 0.1) is 12.7 Å². The third kappa shape index (κ3) is 5.87. The molecule has 29 heavy (non-hydrogen) atoms. The standard InChI is InChI=1S/C23H25FN2O2S/c1-3-4-15-28-20-11-7-17(8-12-20)22(27)25-14-13-21-16(2)26-23(29-21)18-5-9-19(24)10-6-18/h5-12H,3-4,13-15H2,1-2H3,(H,25,27). The number of halogens is 1. The van der Waals surface area contributed by atoms with Crippen LogP contribution in [0.2, 0.25) is 0 Å². The predicted molar refractivity (Wildman–Crippen MR) is 115 cm³/mol. The van der Waals surface area contributed by atoms with Crippen LogP contribution in [-0.4, -0.2) is 24.0 Å². The molecule has 1 N–H and O–H groups in total. The molecule has 0 radical (unpaired) electrons. The Morgan fingerprint density at radius 1 is 1.14 bits per heavy atom. The molecule has 3 rings (SSSR count). The van der Waals surface area contributed by atoms with Gasteiger partial charge < -0.3 is 10.1 Å². The summed E-state index contributed by atoms with van der Waals surface area (Å²) in [6.07, 6.45) is 2.81. The summed E-state index contributed by atoms with van der Waals surface area (Å²) in [5.41, 5.74) is 2.45. The smallest absolute Gasteiger partial charge is 0.251 e. The van der Waals surface area contributed by atoms with Crippen LogP contribution in [0.4, 0.5) is 4.39 Å². The van der Waals surface area contributed by atoms with Gasteiger partial charge in [0.15, 0.2) is 0 Å². The van der Waals surface area contributed by atoms with Gasteiger partial charge in [0.2, 0.25) is 0 Å². The summed E-state index contributed by atoms with van der Waals surface area (Å²) >= 11 is 1.58. The second kappa shape index (κ2) is 10.2. The van der Waals surface area contributed by atoms with Crippen LogP contribution in [0.1, 0.15) is 40.7 Å². The molecule has 1 heterocycles. The summed E-state index contributed by atoms with van der Waals surface area (Å²) in [6.45, 7) is 5.29. The molecule has 1 amide bonds. The first-order valence-corrected chi connectivity index (χ1v) is 10.6. The topological polar surface area (TPSA) is 51.2 Å². The van der Waals surface area contributed by atoms with Crippen molar-refractivity contribution in [3.05, 3.63) is 70.5 Å². The molecule has 0 saturated carbocycles. The zero-order chi connectivity index (χ0) is 20.6. The molecule has 0 aliphatic carbocycles. The highest BCUT2D eigenvalue weighted by Crippen LogP contribution is 2.28. The van der Waals surface area contributed by atoms with E-state index >= 15 is 0 Å². The normalized spacial score (nSPS) is 10.7. The van der Waals surface area contributed by atoms with Gasteiger partial charge in [0.25, 0.3) is 5.91 Å². The van der Waals surface area contributed by atoms with Crippen LogP contribution in [0.15, 0.2) is 48.5 Å². The number of aromatic nitrogens is 1. The molecule has 0 unspecified atom stereocenters. The van der Waals surface area contributed by atoms with Crippen molar-refractivity contribution in [3.8, 4) is 16.3 Å². The van der Waals surface area contributed by atoms with Crippen LogP contribution in [0.25, 0.3) is 10.6 Å². The van der Waals surface area contributed by atoms with Crippen LogP contribution < -0.4 is 10.1 Å². The van der Waals surface area contributed by atoms with E-state index in [1.807, 2.05) is 19.1 Å². The molecule has 0 bridgehead atoms. The van der Waals surface area contributed by atoms with Gasteiger partial charge in [0, 0.05) is 29.0 Å². The average Bonchev–Trinajstić information content (AvgIpc) is 3.10. The first-order valence-electron chi connectivity index (χ1n) is 9.80. The van der Waals surface area contributed by atoms with Gasteiger partial charge in [-0.2, -0.15) is 0 Å². The number of nitrogens with zero attached hydrogens (tertiary/aromatic N) is 1. The van der Waals surface area contributed by atoms with Gasteiger partial charge in [-0.3, -0.25) is 4.79 Å². The molecule has 3 aromatic rings. The van der Waals surface area contributed by atoms with Gasteiger partial charge in [0.05, 0.1) is 12.3 Å². The number of rotatable bonds is 9. The Hall–Kier alpha value is -2.73. The van der Waals surface area contributed by atoms with Crippen LogP contribution in [0.5, 0.6) is 5.75 Å². The SMILES string of the molecule is CCCCOc1ccc(C(=O)NCCc2sc(-c3ccc(F)cc3)nc2C)cc1. The van der Waals surface area contributed by atoms with Gasteiger partial charge in [-0.05, 0) is 61.9 Å². The summed E-state index contributed by atoms with van der Waals surface area (Å²) in [4.78, 5) is 18.0. The number of ether oxygens (including phenoxy) is 1. The molecule has 0 saturated heterocycles. The number of carbonyl (C=O) groups excluding carboxylic acids is 1. The lowest BCUT2D eigenvalue weighted by molar-refractivity contribution is 0.0954. The lowest BCUT2D eigenvalue weighted by Crippen LogP contribution is -2.25. The molecule has 1 aromatic heterocycles. The summed E-state index contributed by atoms with van der Waals surface area (Å²) in [6, 6.07) is 13.5. The molecule has 0 atom stereocenters. The molecule has 0 aliphatic heterocycles. The molecule has 152 valence electrons. The van der Waals surface area contributed by atoms with E-state index in [4.69, 9.17) is 4.74 Å². The monoisotopic (exact) mass is 412 g/mol. The van der Waals surface area contributed by atoms with Crippen LogP contribution in [-0.2, 0) is 6.42 Å². The first-order chi connectivity index (χ1) is 14.1. The molecular weight excluding hydrogens is 387 g/mol. The molecular formula is C23H25FN2O2S. The van der Waals surface area contributed by atoms with Crippen molar-refractivity contribution >= 4 is 17.2 Å². The van der Waals surface area contributed by atoms with Crippen molar-refractivity contribution in [2.75, 3.05) is 13.2 Å². The van der Waals surface area contributed by atoms with Gasteiger partial charge in [-0.15, -0.1) is 11.3 Å². The Labute approximate surface area is 174 Å². The van der Waals surface area contributed by atoms with Crippen molar-refractivity contribution in [3.63, 3.8) is 0 Å². The van der Waals surface area contributed by atoms with Gasteiger partial charge in [-0.25, -0.2) is 9.37 Å². The van der Waals surface area contributed by atoms with Crippen LogP contribution >= 0.6 is 11.3 Å². The maximum atomic E-state index is 13.1. The second-order valence-corrected chi connectivity index (χ2v) is 7.85. The summed E-state index contributed by atoms with van der Waals surface area (Å²) in [5.74, 6) is 0.417. The Morgan fingerprint density at radius 2 is 1.86 bits per heavy atom. The number of hydrogen-bond donors (Lipinski definition) is 1. The minimum atomic E-state index is -0.259. The molecule has 6 heteroatoms. The fraction of sp³-hybridized carbons (Fsp3) is 0.304. The number of unbranched alkanes of at least 4 members (excludes halogenated alkanes) is 1. The Bertz CT molecular complexity index is 937. The van der Waals surface area contributed by atoms with E-state index in [9.17, 15) is 9.18 Å². The fourth-order valence-electron chi connectivity index (χ4n) is 2.80. The van der Waals surface area contributed by atoms with Gasteiger partial charge >= 0.3 is 0 Å². The number of nitrogens with one attached hydrogen (secondary N) is 1. The van der Waals surface area contributed by atoms with Crippen LogP contribution in [0.3, 0.4) is 0 Å². The highest BCUT2D eigenvalue weighted by molar-refractivity contribution is 7.15. The third-order valence-corrected chi connectivity index (χ3v) is 5.77.